The van der Waals surface area contributed by atoms with E-state index in [1.54, 1.807) is 0 Å². The highest BCUT2D eigenvalue weighted by molar-refractivity contribution is 6.25. The van der Waals surface area contributed by atoms with Crippen molar-refractivity contribution in [1.82, 2.24) is 19.5 Å². The molecule has 8 aromatic rings. The summed E-state index contributed by atoms with van der Waals surface area (Å²) >= 11 is 0. The molecule has 0 unspecified atom stereocenters. The minimum atomic E-state index is 0.962. The summed E-state index contributed by atoms with van der Waals surface area (Å²) in [7, 11) is 0. The molecular weight excluding hydrogens is 597 g/mol. The lowest BCUT2D eigenvalue weighted by Crippen LogP contribution is -1.99. The summed E-state index contributed by atoms with van der Waals surface area (Å²) < 4.78 is 2.39. The van der Waals surface area contributed by atoms with E-state index in [9.17, 15) is 0 Å². The molecule has 4 heteroatoms. The molecule has 5 aromatic carbocycles. The second-order valence-corrected chi connectivity index (χ2v) is 13.0. The summed E-state index contributed by atoms with van der Waals surface area (Å²) in [6, 6.07) is 40.2. The van der Waals surface area contributed by atoms with E-state index in [4.69, 9.17) is 4.98 Å². The molecular formula is C45H40N4. The molecule has 4 nitrogen and oxygen atoms in total. The molecule has 240 valence electrons. The molecule has 3 aromatic heterocycles. The Balaban J connectivity index is 1.43. The number of unbranched alkanes of at least 4 members (excludes halogenated alkanes) is 2. The molecule has 3 heterocycles. The number of fused-ring (bicyclic) bond motifs is 6. The zero-order valence-electron chi connectivity index (χ0n) is 28.2. The van der Waals surface area contributed by atoms with E-state index in [0.717, 1.165) is 63.0 Å². The van der Waals surface area contributed by atoms with Crippen LogP contribution in [0.15, 0.2) is 134 Å². The van der Waals surface area contributed by atoms with Crippen molar-refractivity contribution in [2.45, 2.75) is 52.4 Å². The third-order valence-electron chi connectivity index (χ3n) is 9.79. The van der Waals surface area contributed by atoms with Crippen LogP contribution in [0.3, 0.4) is 0 Å². The van der Waals surface area contributed by atoms with Crippen LogP contribution in [0, 0.1) is 0 Å². The first-order valence-electron chi connectivity index (χ1n) is 17.6. The number of aryl methyl sites for hydroxylation is 2. The van der Waals surface area contributed by atoms with E-state index in [2.05, 4.69) is 138 Å². The predicted octanol–water partition coefficient (Wildman–Crippen LogP) is 11.8. The summed E-state index contributed by atoms with van der Waals surface area (Å²) in [6.07, 6.45) is 14.4. The summed E-state index contributed by atoms with van der Waals surface area (Å²) in [5, 5.41) is 4.72. The van der Waals surface area contributed by atoms with Crippen LogP contribution in [-0.2, 0) is 12.8 Å². The fraction of sp³-hybridized carbons (Fsp3) is 0.178. The van der Waals surface area contributed by atoms with Crippen molar-refractivity contribution in [2.24, 2.45) is 0 Å². The minimum absolute atomic E-state index is 0.962. The number of benzene rings is 5. The Morgan fingerprint density at radius 1 is 0.469 bits per heavy atom. The average molecular weight is 637 g/mol. The van der Waals surface area contributed by atoms with Crippen LogP contribution in [0.25, 0.3) is 71.9 Å². The Bertz CT molecular complexity index is 2370. The number of nitrogens with zero attached hydrogens (tertiary/aromatic N) is 4. The van der Waals surface area contributed by atoms with Crippen molar-refractivity contribution >= 4 is 32.6 Å². The molecule has 0 aliphatic rings. The molecule has 0 atom stereocenters. The quantitative estimate of drug-likeness (QED) is 0.140. The van der Waals surface area contributed by atoms with E-state index in [1.807, 2.05) is 24.8 Å². The molecule has 0 spiro atoms. The molecule has 0 amide bonds. The topological polar surface area (TPSA) is 43.6 Å². The summed E-state index contributed by atoms with van der Waals surface area (Å²) in [6.45, 7) is 4.50. The number of hydrogen-bond acceptors (Lipinski definition) is 3. The third-order valence-corrected chi connectivity index (χ3v) is 9.79. The maximum absolute atomic E-state index is 5.53. The van der Waals surface area contributed by atoms with Gasteiger partial charge >= 0.3 is 0 Å². The van der Waals surface area contributed by atoms with Crippen LogP contribution < -0.4 is 0 Å². The molecule has 0 radical (unpaired) electrons. The first-order chi connectivity index (χ1) is 24.2. The first kappa shape index (κ1) is 30.7. The molecule has 0 aliphatic carbocycles. The Morgan fingerprint density at radius 2 is 0.959 bits per heavy atom. The van der Waals surface area contributed by atoms with Gasteiger partial charge in [0, 0.05) is 46.8 Å². The van der Waals surface area contributed by atoms with Gasteiger partial charge in [-0.2, -0.15) is 0 Å². The van der Waals surface area contributed by atoms with Crippen LogP contribution in [-0.4, -0.2) is 19.5 Å². The zero-order chi connectivity index (χ0) is 33.2. The second kappa shape index (κ2) is 13.5. The van der Waals surface area contributed by atoms with Crippen molar-refractivity contribution in [2.75, 3.05) is 0 Å². The zero-order valence-corrected chi connectivity index (χ0v) is 28.2. The van der Waals surface area contributed by atoms with Crippen molar-refractivity contribution in [3.05, 3.63) is 145 Å². The summed E-state index contributed by atoms with van der Waals surface area (Å²) in [5.74, 6) is 0.962. The number of hydrogen-bond donors (Lipinski definition) is 0. The fourth-order valence-electron chi connectivity index (χ4n) is 7.09. The van der Waals surface area contributed by atoms with Gasteiger partial charge in [0.1, 0.15) is 5.82 Å². The fourth-order valence-corrected chi connectivity index (χ4v) is 7.09. The molecule has 0 fully saturated rings. The van der Waals surface area contributed by atoms with Gasteiger partial charge in [-0.25, -0.2) is 4.98 Å². The monoisotopic (exact) mass is 636 g/mol. The average Bonchev–Trinajstić information content (AvgIpc) is 3.58. The largest absolute Gasteiger partial charge is 0.292 e. The van der Waals surface area contributed by atoms with Crippen LogP contribution in [0.1, 0.15) is 50.7 Å². The van der Waals surface area contributed by atoms with Crippen LogP contribution in [0.2, 0.25) is 0 Å². The Morgan fingerprint density at radius 3 is 1.51 bits per heavy atom. The second-order valence-electron chi connectivity index (χ2n) is 13.0. The third kappa shape index (κ3) is 5.89. The van der Waals surface area contributed by atoms with Gasteiger partial charge in [-0.15, -0.1) is 0 Å². The highest BCUT2D eigenvalue weighted by atomic mass is 15.1. The van der Waals surface area contributed by atoms with Crippen LogP contribution in [0.5, 0.6) is 0 Å². The molecule has 0 aliphatic heterocycles. The number of pyridine rings is 2. The Labute approximate surface area is 288 Å². The SMILES string of the molecule is CCCCc1ccc(-c2nc3c4ccc(-c5ccncc5)cc4c4cc(-c5ccncc5)ccc4c3n2-c2ccc(CCCC)cc2)cc1. The number of aromatic nitrogens is 4. The van der Waals surface area contributed by atoms with Gasteiger partial charge < -0.3 is 0 Å². The van der Waals surface area contributed by atoms with Gasteiger partial charge in [-0.05, 0) is 118 Å². The maximum atomic E-state index is 5.53. The summed E-state index contributed by atoms with van der Waals surface area (Å²) in [4.78, 5) is 14.1. The molecule has 0 saturated carbocycles. The molecule has 0 bridgehead atoms. The van der Waals surface area contributed by atoms with E-state index >= 15 is 0 Å². The van der Waals surface area contributed by atoms with Crippen molar-refractivity contribution in [3.8, 4) is 39.3 Å². The van der Waals surface area contributed by atoms with E-state index < -0.39 is 0 Å². The molecule has 0 saturated heterocycles. The standard InChI is InChI=1S/C45H40N4/c1-3-5-7-31-9-13-35(14-10-31)45-48-43-39-19-15-36(33-21-25-46-26-22-33)29-41(39)42-30-37(34-23-27-47-28-24-34)16-20-40(42)44(43)49(45)38-17-11-32(12-18-38)8-6-4-2/h9-30H,3-8H2,1-2H3. The van der Waals surface area contributed by atoms with Gasteiger partial charge in [0.05, 0.1) is 11.0 Å². The molecule has 8 rings (SSSR count). The Hall–Kier alpha value is -5.61. The van der Waals surface area contributed by atoms with Crippen molar-refractivity contribution in [1.29, 1.82) is 0 Å². The van der Waals surface area contributed by atoms with Gasteiger partial charge in [-0.1, -0.05) is 87.4 Å². The maximum Gasteiger partial charge on any atom is 0.145 e. The first-order valence-corrected chi connectivity index (χ1v) is 17.6. The lowest BCUT2D eigenvalue weighted by molar-refractivity contribution is 0.795. The van der Waals surface area contributed by atoms with Crippen LogP contribution in [0.4, 0.5) is 0 Å². The van der Waals surface area contributed by atoms with Gasteiger partial charge in [0.2, 0.25) is 0 Å². The molecule has 0 N–H and O–H groups in total. The van der Waals surface area contributed by atoms with E-state index in [-0.39, 0.29) is 0 Å². The van der Waals surface area contributed by atoms with Crippen molar-refractivity contribution < 1.29 is 0 Å². The highest BCUT2D eigenvalue weighted by Gasteiger charge is 2.21. The van der Waals surface area contributed by atoms with E-state index in [1.165, 1.54) is 58.5 Å². The van der Waals surface area contributed by atoms with Gasteiger partial charge in [0.15, 0.2) is 0 Å². The summed E-state index contributed by atoms with van der Waals surface area (Å²) in [5.41, 5.74) is 11.8. The number of rotatable bonds is 10. The van der Waals surface area contributed by atoms with E-state index in [0.29, 0.717) is 0 Å². The highest BCUT2D eigenvalue weighted by Crippen LogP contribution is 2.42. The minimum Gasteiger partial charge on any atom is -0.292 e. The van der Waals surface area contributed by atoms with Crippen LogP contribution >= 0.6 is 0 Å². The van der Waals surface area contributed by atoms with Gasteiger partial charge in [0.25, 0.3) is 0 Å². The van der Waals surface area contributed by atoms with Gasteiger partial charge in [-0.3, -0.25) is 14.5 Å². The smallest absolute Gasteiger partial charge is 0.145 e. The number of imidazole rings is 1. The van der Waals surface area contributed by atoms with Crippen molar-refractivity contribution in [3.63, 3.8) is 0 Å². The molecule has 49 heavy (non-hydrogen) atoms. The lowest BCUT2D eigenvalue weighted by Gasteiger charge is -2.15. The Kier molecular flexibility index (Phi) is 8.45. The normalized spacial score (nSPS) is 11.6. The predicted molar refractivity (Wildman–Crippen MR) is 205 cm³/mol. The lowest BCUT2D eigenvalue weighted by atomic mass is 9.93.